The molecule has 0 aromatic heterocycles. The van der Waals surface area contributed by atoms with Crippen molar-refractivity contribution in [3.05, 3.63) is 154 Å². The van der Waals surface area contributed by atoms with Gasteiger partial charge in [-0.25, -0.2) is 8.42 Å². The fraction of sp³-hybridized carbons (Fsp3) is 0.220. The third-order valence-electron chi connectivity index (χ3n) is 8.15. The first-order valence-electron chi connectivity index (χ1n) is 16.7. The molecule has 270 valence electrons. The maximum Gasteiger partial charge on any atom is 0.264 e. The van der Waals surface area contributed by atoms with Crippen LogP contribution in [0.2, 0.25) is 10.0 Å². The zero-order valence-electron chi connectivity index (χ0n) is 29.4. The van der Waals surface area contributed by atoms with Crippen LogP contribution in [0.3, 0.4) is 0 Å². The zero-order valence-corrected chi connectivity index (χ0v) is 31.8. The summed E-state index contributed by atoms with van der Waals surface area (Å²) < 4.78 is 35.9. The summed E-state index contributed by atoms with van der Waals surface area (Å²) in [6.07, 6.45) is 0.146. The summed E-state index contributed by atoms with van der Waals surface area (Å²) >= 11 is 13.3. The van der Waals surface area contributed by atoms with Gasteiger partial charge in [0, 0.05) is 34.1 Å². The Hall–Kier alpha value is -4.83. The number of para-hydroxylation sites is 1. The summed E-state index contributed by atoms with van der Waals surface area (Å²) in [5.41, 5.74) is 1.70. The van der Waals surface area contributed by atoms with Crippen LogP contribution in [-0.2, 0) is 32.6 Å². The molecule has 1 atom stereocenters. The average Bonchev–Trinajstić information content (AvgIpc) is 3.10. The molecule has 52 heavy (non-hydrogen) atoms. The summed E-state index contributed by atoms with van der Waals surface area (Å²) in [5.74, 6) is 0.0386. The Morgan fingerprint density at radius 2 is 1.31 bits per heavy atom. The molecule has 0 radical (unpaired) electrons. The van der Waals surface area contributed by atoms with Crippen LogP contribution in [0.15, 0.2) is 132 Å². The monoisotopic (exact) mass is 757 g/mol. The van der Waals surface area contributed by atoms with Crippen molar-refractivity contribution in [3.8, 4) is 11.5 Å². The van der Waals surface area contributed by atoms with Gasteiger partial charge in [-0.2, -0.15) is 0 Å². The first-order chi connectivity index (χ1) is 24.7. The van der Waals surface area contributed by atoms with Crippen molar-refractivity contribution in [2.45, 2.75) is 57.1 Å². The van der Waals surface area contributed by atoms with E-state index in [4.69, 9.17) is 27.9 Å². The van der Waals surface area contributed by atoms with E-state index in [1.54, 1.807) is 54.6 Å². The van der Waals surface area contributed by atoms with Gasteiger partial charge >= 0.3 is 0 Å². The Kier molecular flexibility index (Phi) is 12.3. The number of hydrogen-bond acceptors (Lipinski definition) is 5. The Balaban J connectivity index is 1.59. The van der Waals surface area contributed by atoms with Crippen molar-refractivity contribution < 1.29 is 22.7 Å². The van der Waals surface area contributed by atoms with Crippen LogP contribution in [0.5, 0.6) is 11.5 Å². The van der Waals surface area contributed by atoms with Gasteiger partial charge in [-0.15, -0.1) is 0 Å². The fourth-order valence-electron chi connectivity index (χ4n) is 5.53. The second-order valence-corrected chi connectivity index (χ2v) is 16.1. The number of anilines is 1. The van der Waals surface area contributed by atoms with E-state index in [0.29, 0.717) is 27.1 Å². The van der Waals surface area contributed by atoms with E-state index in [1.165, 1.54) is 17.0 Å². The third-order valence-corrected chi connectivity index (χ3v) is 10.6. The van der Waals surface area contributed by atoms with Crippen molar-refractivity contribution in [1.82, 2.24) is 10.2 Å². The Labute approximate surface area is 316 Å². The molecule has 5 aromatic rings. The number of benzene rings is 5. The number of hydrogen-bond donors (Lipinski definition) is 1. The fourth-order valence-corrected chi connectivity index (χ4v) is 7.46. The first-order valence-corrected chi connectivity index (χ1v) is 18.9. The first kappa shape index (κ1) is 38.4. The third kappa shape index (κ3) is 9.94. The van der Waals surface area contributed by atoms with E-state index < -0.39 is 40.0 Å². The molecule has 0 spiro atoms. The highest BCUT2D eigenvalue weighted by atomic mass is 35.5. The number of amides is 2. The van der Waals surface area contributed by atoms with E-state index in [-0.39, 0.29) is 23.5 Å². The predicted octanol–water partition coefficient (Wildman–Crippen LogP) is 8.84. The standard InChI is InChI=1S/C41H41Cl2N3O5S/c1-29-18-24-34(25-19-29)52(49,50)46(31-20-22-33(23-21-31)51-32-14-9-6-10-15-32)28-39(47)45(27-35-36(42)16-11-17-37(35)43)38(40(48)44-41(2,3)4)26-30-12-7-5-8-13-30/h5-25,38H,26-28H2,1-4H3,(H,44,48)/t38-/m1/s1. The van der Waals surface area contributed by atoms with Crippen LogP contribution < -0.4 is 14.4 Å². The highest BCUT2D eigenvalue weighted by molar-refractivity contribution is 7.92. The molecule has 0 saturated carbocycles. The van der Waals surface area contributed by atoms with Crippen molar-refractivity contribution in [2.24, 2.45) is 0 Å². The summed E-state index contributed by atoms with van der Waals surface area (Å²) in [6.45, 7) is 6.62. The quantitative estimate of drug-likeness (QED) is 0.130. The number of ether oxygens (including phenoxy) is 1. The number of nitrogens with one attached hydrogen (secondary N) is 1. The number of aryl methyl sites for hydroxylation is 1. The maximum absolute atomic E-state index is 14.8. The number of sulfonamides is 1. The van der Waals surface area contributed by atoms with Crippen LogP contribution in [0.4, 0.5) is 5.69 Å². The number of nitrogens with zero attached hydrogens (tertiary/aromatic N) is 2. The molecule has 0 aliphatic heterocycles. The maximum atomic E-state index is 14.8. The molecule has 8 nitrogen and oxygen atoms in total. The summed E-state index contributed by atoms with van der Waals surface area (Å²) in [6, 6.07) is 35.3. The molecule has 0 aliphatic rings. The van der Waals surface area contributed by atoms with Crippen LogP contribution >= 0.6 is 23.2 Å². The second-order valence-electron chi connectivity index (χ2n) is 13.4. The van der Waals surface area contributed by atoms with Crippen molar-refractivity contribution in [3.63, 3.8) is 0 Å². The van der Waals surface area contributed by atoms with Crippen molar-refractivity contribution in [1.29, 1.82) is 0 Å². The van der Waals surface area contributed by atoms with E-state index in [9.17, 15) is 18.0 Å². The normalized spacial score (nSPS) is 12.1. The van der Waals surface area contributed by atoms with E-state index >= 15 is 0 Å². The molecular weight excluding hydrogens is 717 g/mol. The lowest BCUT2D eigenvalue weighted by molar-refractivity contribution is -0.140. The number of carbonyl (C=O) groups is 2. The van der Waals surface area contributed by atoms with E-state index in [1.807, 2.05) is 88.4 Å². The largest absolute Gasteiger partial charge is 0.457 e. The molecule has 0 unspecified atom stereocenters. The van der Waals surface area contributed by atoms with Crippen molar-refractivity contribution in [2.75, 3.05) is 10.8 Å². The smallest absolute Gasteiger partial charge is 0.264 e. The Morgan fingerprint density at radius 1 is 0.750 bits per heavy atom. The molecule has 1 N–H and O–H groups in total. The van der Waals surface area contributed by atoms with Gasteiger partial charge in [-0.1, -0.05) is 95.5 Å². The van der Waals surface area contributed by atoms with E-state index in [0.717, 1.165) is 15.4 Å². The number of halogens is 2. The molecule has 5 aromatic carbocycles. The lowest BCUT2D eigenvalue weighted by Gasteiger charge is -2.35. The molecule has 5 rings (SSSR count). The molecular formula is C41H41Cl2N3O5S. The van der Waals surface area contributed by atoms with Crippen LogP contribution in [0, 0.1) is 6.92 Å². The van der Waals surface area contributed by atoms with Gasteiger partial charge in [-0.05, 0) is 93.9 Å². The summed E-state index contributed by atoms with van der Waals surface area (Å²) in [5, 5.41) is 3.63. The van der Waals surface area contributed by atoms with Gasteiger partial charge in [0.15, 0.2) is 0 Å². The van der Waals surface area contributed by atoms with Crippen LogP contribution in [0.1, 0.15) is 37.5 Å². The highest BCUT2D eigenvalue weighted by Crippen LogP contribution is 2.31. The van der Waals surface area contributed by atoms with Gasteiger partial charge in [0.2, 0.25) is 11.8 Å². The van der Waals surface area contributed by atoms with Gasteiger partial charge in [-0.3, -0.25) is 13.9 Å². The minimum absolute atomic E-state index is 0.00233. The molecule has 11 heteroatoms. The molecule has 0 fully saturated rings. The molecule has 0 saturated heterocycles. The van der Waals surface area contributed by atoms with Gasteiger partial charge in [0.05, 0.1) is 10.6 Å². The molecule has 2 amide bonds. The SMILES string of the molecule is Cc1ccc(S(=O)(=O)N(CC(=O)N(Cc2c(Cl)cccc2Cl)[C@H](Cc2ccccc2)C(=O)NC(C)(C)C)c2ccc(Oc3ccccc3)cc2)cc1. The zero-order chi connectivity index (χ0) is 37.5. The summed E-state index contributed by atoms with van der Waals surface area (Å²) in [7, 11) is -4.30. The van der Waals surface area contributed by atoms with Gasteiger partial charge in [0.1, 0.15) is 24.1 Å². The van der Waals surface area contributed by atoms with Crippen LogP contribution in [-0.4, -0.2) is 43.3 Å². The van der Waals surface area contributed by atoms with E-state index in [2.05, 4.69) is 5.32 Å². The lowest BCUT2D eigenvalue weighted by atomic mass is 10.0. The Morgan fingerprint density at radius 3 is 1.88 bits per heavy atom. The molecule has 0 aliphatic carbocycles. The minimum Gasteiger partial charge on any atom is -0.457 e. The lowest BCUT2D eigenvalue weighted by Crippen LogP contribution is -2.56. The Bertz CT molecular complexity index is 2070. The van der Waals surface area contributed by atoms with Crippen molar-refractivity contribution >= 4 is 50.7 Å². The number of rotatable bonds is 13. The highest BCUT2D eigenvalue weighted by Gasteiger charge is 2.36. The van der Waals surface area contributed by atoms with Crippen LogP contribution in [0.25, 0.3) is 0 Å². The average molecular weight is 759 g/mol. The second kappa shape index (κ2) is 16.7. The minimum atomic E-state index is -4.30. The van der Waals surface area contributed by atoms with Gasteiger partial charge < -0.3 is 15.0 Å². The predicted molar refractivity (Wildman–Crippen MR) is 208 cm³/mol. The van der Waals surface area contributed by atoms with Gasteiger partial charge in [0.25, 0.3) is 10.0 Å². The topological polar surface area (TPSA) is 96.0 Å². The molecule has 0 bridgehead atoms. The number of carbonyl (C=O) groups excluding carboxylic acids is 2. The molecule has 0 heterocycles. The summed E-state index contributed by atoms with van der Waals surface area (Å²) in [4.78, 5) is 30.3.